The Morgan fingerprint density at radius 1 is 0.929 bits per heavy atom. The Kier molecular flexibility index (Phi) is 3.43. The Hall–Kier alpha value is -1.00. The van der Waals surface area contributed by atoms with E-state index < -0.39 is 0 Å². The number of hydrogen-bond donors (Lipinski definition) is 2. The second-order valence-electron chi connectivity index (χ2n) is 3.66. The van der Waals surface area contributed by atoms with E-state index in [-0.39, 0.29) is 0 Å². The quantitative estimate of drug-likeness (QED) is 0.715. The van der Waals surface area contributed by atoms with Crippen LogP contribution in [0.25, 0.3) is 0 Å². The first-order valence-corrected chi connectivity index (χ1v) is 5.07. The van der Waals surface area contributed by atoms with Crippen molar-refractivity contribution in [3.63, 3.8) is 0 Å². The van der Waals surface area contributed by atoms with Gasteiger partial charge in [0, 0.05) is 12.1 Å². The Bertz CT molecular complexity index is 204. The fourth-order valence-corrected chi connectivity index (χ4v) is 1.66. The second-order valence-corrected chi connectivity index (χ2v) is 3.66. The van der Waals surface area contributed by atoms with Crippen LogP contribution in [0, 0.1) is 0 Å². The molecule has 0 saturated heterocycles. The van der Waals surface area contributed by atoms with Crippen molar-refractivity contribution in [1.29, 1.82) is 0 Å². The zero-order chi connectivity index (χ0) is 9.64. The third-order valence-electron chi connectivity index (χ3n) is 2.50. The van der Waals surface area contributed by atoms with Crippen molar-refractivity contribution in [2.75, 3.05) is 0 Å². The molecule has 0 aromatic rings. The summed E-state index contributed by atoms with van der Waals surface area (Å²) in [5.41, 5.74) is 5.97. The van der Waals surface area contributed by atoms with Gasteiger partial charge >= 0.3 is 0 Å². The van der Waals surface area contributed by atoms with Gasteiger partial charge in [-0.1, -0.05) is 0 Å². The Labute approximate surface area is 83.9 Å². The summed E-state index contributed by atoms with van der Waals surface area (Å²) >= 11 is 0. The molecule has 0 aromatic heterocycles. The molecule has 2 atom stereocenters. The Morgan fingerprint density at radius 2 is 1.43 bits per heavy atom. The molecule has 14 heavy (non-hydrogen) atoms. The van der Waals surface area contributed by atoms with Crippen molar-refractivity contribution in [1.82, 2.24) is 11.0 Å². The van der Waals surface area contributed by atoms with Crippen molar-refractivity contribution in [3.05, 3.63) is 24.7 Å². The van der Waals surface area contributed by atoms with Gasteiger partial charge in [-0.3, -0.25) is 0 Å². The first kappa shape index (κ1) is 9.55. The van der Waals surface area contributed by atoms with Crippen molar-refractivity contribution in [3.8, 4) is 0 Å². The van der Waals surface area contributed by atoms with Gasteiger partial charge in [0.1, 0.15) is 12.5 Å². The third kappa shape index (κ3) is 2.75. The van der Waals surface area contributed by atoms with Crippen LogP contribution in [0.1, 0.15) is 25.7 Å². The lowest BCUT2D eigenvalue weighted by atomic mass is 10.0. The average Bonchev–Trinajstić information content (AvgIpc) is 2.29. The van der Waals surface area contributed by atoms with Gasteiger partial charge in [0.15, 0.2) is 0 Å². The SMILES string of the molecule is C1=CONC(CCC2CC=CON2)C1. The average molecular weight is 196 g/mol. The zero-order valence-electron chi connectivity index (χ0n) is 8.11. The summed E-state index contributed by atoms with van der Waals surface area (Å²) in [5, 5.41) is 0. The van der Waals surface area contributed by atoms with Gasteiger partial charge in [-0.15, -0.1) is 0 Å². The van der Waals surface area contributed by atoms with Crippen molar-refractivity contribution >= 4 is 0 Å². The first-order valence-electron chi connectivity index (χ1n) is 5.07. The highest BCUT2D eigenvalue weighted by Crippen LogP contribution is 2.12. The maximum atomic E-state index is 5.03. The third-order valence-corrected chi connectivity index (χ3v) is 2.50. The topological polar surface area (TPSA) is 42.5 Å². The van der Waals surface area contributed by atoms with Crippen LogP contribution in [-0.4, -0.2) is 12.1 Å². The van der Waals surface area contributed by atoms with Crippen molar-refractivity contribution in [2.24, 2.45) is 0 Å². The molecule has 0 aromatic carbocycles. The van der Waals surface area contributed by atoms with Gasteiger partial charge < -0.3 is 9.68 Å². The normalized spacial score (nSPS) is 30.9. The van der Waals surface area contributed by atoms with Crippen LogP contribution in [0.15, 0.2) is 24.7 Å². The molecule has 2 heterocycles. The minimum atomic E-state index is 0.438. The minimum Gasteiger partial charge on any atom is -0.417 e. The standard InChI is InChI=1S/C10H16N2O2/c1-3-9(11-13-7-1)5-6-10-4-2-8-14-12-10/h1-2,7-12H,3-6H2. The highest BCUT2D eigenvalue weighted by Gasteiger charge is 2.15. The molecule has 2 N–H and O–H groups in total. The van der Waals surface area contributed by atoms with E-state index in [4.69, 9.17) is 9.68 Å². The summed E-state index contributed by atoms with van der Waals surface area (Å²) in [7, 11) is 0. The van der Waals surface area contributed by atoms with E-state index in [0.29, 0.717) is 12.1 Å². The van der Waals surface area contributed by atoms with Crippen molar-refractivity contribution in [2.45, 2.75) is 37.8 Å². The summed E-state index contributed by atoms with van der Waals surface area (Å²) in [6.45, 7) is 0. The van der Waals surface area contributed by atoms with Crippen LogP contribution in [0.4, 0.5) is 0 Å². The Balaban J connectivity index is 1.66. The largest absolute Gasteiger partial charge is 0.417 e. The predicted molar refractivity (Wildman–Crippen MR) is 52.8 cm³/mol. The molecule has 0 amide bonds. The maximum absolute atomic E-state index is 5.03. The van der Waals surface area contributed by atoms with Crippen LogP contribution in [0.3, 0.4) is 0 Å². The molecule has 4 nitrogen and oxygen atoms in total. The van der Waals surface area contributed by atoms with Crippen LogP contribution >= 0.6 is 0 Å². The van der Waals surface area contributed by atoms with Gasteiger partial charge in [0.25, 0.3) is 0 Å². The van der Waals surface area contributed by atoms with Gasteiger partial charge in [-0.2, -0.15) is 11.0 Å². The molecule has 2 rings (SSSR count). The maximum Gasteiger partial charge on any atom is 0.107 e. The van der Waals surface area contributed by atoms with E-state index in [1.54, 1.807) is 12.5 Å². The van der Waals surface area contributed by atoms with Gasteiger partial charge in [0.2, 0.25) is 0 Å². The van der Waals surface area contributed by atoms with Crippen LogP contribution < -0.4 is 11.0 Å². The zero-order valence-corrected chi connectivity index (χ0v) is 8.11. The summed E-state index contributed by atoms with van der Waals surface area (Å²) < 4.78 is 0. The lowest BCUT2D eigenvalue weighted by Crippen LogP contribution is -2.34. The predicted octanol–water partition coefficient (Wildman–Crippen LogP) is 1.38. The molecule has 0 bridgehead atoms. The van der Waals surface area contributed by atoms with E-state index in [1.807, 2.05) is 12.2 Å². The second kappa shape index (κ2) is 5.02. The number of rotatable bonds is 3. The molecule has 2 aliphatic heterocycles. The van der Waals surface area contributed by atoms with Crippen molar-refractivity contribution < 1.29 is 9.68 Å². The Morgan fingerprint density at radius 3 is 1.79 bits per heavy atom. The molecule has 0 fully saturated rings. The van der Waals surface area contributed by atoms with E-state index in [2.05, 4.69) is 11.0 Å². The smallest absolute Gasteiger partial charge is 0.107 e. The van der Waals surface area contributed by atoms with Gasteiger partial charge in [-0.05, 0) is 37.8 Å². The lowest BCUT2D eigenvalue weighted by Gasteiger charge is -2.23. The van der Waals surface area contributed by atoms with E-state index in [0.717, 1.165) is 25.7 Å². The highest BCUT2D eigenvalue weighted by atomic mass is 16.6. The van der Waals surface area contributed by atoms with Crippen LogP contribution in [0.2, 0.25) is 0 Å². The van der Waals surface area contributed by atoms with Crippen LogP contribution in [0.5, 0.6) is 0 Å². The molecule has 0 aliphatic carbocycles. The fraction of sp³-hybridized carbons (Fsp3) is 0.600. The highest BCUT2D eigenvalue weighted by molar-refractivity contribution is 4.87. The molecule has 0 saturated carbocycles. The molecule has 0 spiro atoms. The van der Waals surface area contributed by atoms with E-state index in [9.17, 15) is 0 Å². The fourth-order valence-electron chi connectivity index (χ4n) is 1.66. The molecule has 2 unspecified atom stereocenters. The van der Waals surface area contributed by atoms with Gasteiger partial charge in [-0.25, -0.2) is 0 Å². The molecule has 0 radical (unpaired) electrons. The van der Waals surface area contributed by atoms with Gasteiger partial charge in [0.05, 0.1) is 0 Å². The summed E-state index contributed by atoms with van der Waals surface area (Å²) in [5.74, 6) is 0. The molecule has 2 aliphatic rings. The minimum absolute atomic E-state index is 0.438. The molecule has 78 valence electrons. The van der Waals surface area contributed by atoms with E-state index >= 15 is 0 Å². The van der Waals surface area contributed by atoms with Crippen LogP contribution in [-0.2, 0) is 9.68 Å². The number of nitrogens with one attached hydrogen (secondary N) is 2. The first-order chi connectivity index (χ1) is 6.95. The molecular formula is C10H16N2O2. The molecular weight excluding hydrogens is 180 g/mol. The summed E-state index contributed by atoms with van der Waals surface area (Å²) in [6, 6.07) is 0.875. The monoisotopic (exact) mass is 196 g/mol. The molecule has 4 heteroatoms. The number of hydroxylamine groups is 2. The lowest BCUT2D eigenvalue weighted by molar-refractivity contribution is 0.0630. The summed E-state index contributed by atoms with van der Waals surface area (Å²) in [4.78, 5) is 10.1. The van der Waals surface area contributed by atoms with E-state index in [1.165, 1.54) is 0 Å². The summed E-state index contributed by atoms with van der Waals surface area (Å²) in [6.07, 6.45) is 11.8. The number of hydrogen-bond acceptors (Lipinski definition) is 4.